The zero-order valence-electron chi connectivity index (χ0n) is 12.1. The number of sulfonamides is 1. The summed E-state index contributed by atoms with van der Waals surface area (Å²) < 4.78 is 27.5. The minimum Gasteiger partial charge on any atom is -0.208 e. The van der Waals surface area contributed by atoms with Gasteiger partial charge in [-0.05, 0) is 25.0 Å². The van der Waals surface area contributed by atoms with Gasteiger partial charge < -0.3 is 0 Å². The van der Waals surface area contributed by atoms with E-state index in [0.717, 1.165) is 32.1 Å². The van der Waals surface area contributed by atoms with Gasteiger partial charge in [0.2, 0.25) is 10.0 Å². The van der Waals surface area contributed by atoms with Gasteiger partial charge in [-0.2, -0.15) is 5.26 Å². The van der Waals surface area contributed by atoms with Gasteiger partial charge in [-0.15, -0.1) is 0 Å². The SMILES string of the molecule is CCCCC(CCC)NS(=O)(=O)c1ccccc1C#N. The van der Waals surface area contributed by atoms with E-state index in [1.54, 1.807) is 12.1 Å². The first-order valence-electron chi connectivity index (χ1n) is 7.06. The molecule has 1 atom stereocenters. The number of benzene rings is 1. The summed E-state index contributed by atoms with van der Waals surface area (Å²) in [6.45, 7) is 4.12. The van der Waals surface area contributed by atoms with Crippen molar-refractivity contribution >= 4 is 10.0 Å². The molecule has 0 aliphatic heterocycles. The fourth-order valence-corrected chi connectivity index (χ4v) is 3.60. The predicted molar refractivity (Wildman–Crippen MR) is 79.7 cm³/mol. The second-order valence-electron chi connectivity index (χ2n) is 4.86. The Morgan fingerprint density at radius 2 is 1.90 bits per heavy atom. The van der Waals surface area contributed by atoms with Gasteiger partial charge in [-0.1, -0.05) is 45.2 Å². The number of nitriles is 1. The summed E-state index contributed by atoms with van der Waals surface area (Å²) in [5, 5.41) is 9.02. The minimum absolute atomic E-state index is 0.0586. The fourth-order valence-electron chi connectivity index (χ4n) is 2.14. The van der Waals surface area contributed by atoms with Gasteiger partial charge in [0.15, 0.2) is 0 Å². The summed E-state index contributed by atoms with van der Waals surface area (Å²) in [7, 11) is -3.63. The molecule has 0 amide bonds. The first kappa shape index (κ1) is 16.7. The van der Waals surface area contributed by atoms with Crippen molar-refractivity contribution < 1.29 is 8.42 Å². The first-order chi connectivity index (χ1) is 9.55. The van der Waals surface area contributed by atoms with Crippen LogP contribution in [0.15, 0.2) is 29.2 Å². The Hall–Kier alpha value is -1.38. The fraction of sp³-hybridized carbons (Fsp3) is 0.533. The molecule has 0 aromatic heterocycles. The van der Waals surface area contributed by atoms with Gasteiger partial charge in [0.05, 0.1) is 10.5 Å². The second-order valence-corrected chi connectivity index (χ2v) is 6.54. The van der Waals surface area contributed by atoms with Crippen LogP contribution in [-0.4, -0.2) is 14.5 Å². The van der Waals surface area contributed by atoms with E-state index >= 15 is 0 Å². The van der Waals surface area contributed by atoms with E-state index in [0.29, 0.717) is 0 Å². The highest BCUT2D eigenvalue weighted by molar-refractivity contribution is 7.89. The van der Waals surface area contributed by atoms with E-state index in [9.17, 15) is 8.42 Å². The minimum atomic E-state index is -3.63. The van der Waals surface area contributed by atoms with Crippen LogP contribution in [0.5, 0.6) is 0 Å². The van der Waals surface area contributed by atoms with Crippen LogP contribution in [0.1, 0.15) is 51.5 Å². The van der Waals surface area contributed by atoms with Gasteiger partial charge in [-0.3, -0.25) is 0 Å². The number of hydrogen-bond donors (Lipinski definition) is 1. The molecule has 0 aliphatic rings. The van der Waals surface area contributed by atoms with E-state index < -0.39 is 10.0 Å². The van der Waals surface area contributed by atoms with Crippen LogP contribution in [-0.2, 0) is 10.0 Å². The molecule has 1 rings (SSSR count). The number of rotatable bonds is 8. The number of nitrogens with one attached hydrogen (secondary N) is 1. The highest BCUT2D eigenvalue weighted by Crippen LogP contribution is 2.17. The second kappa shape index (κ2) is 8.03. The summed E-state index contributed by atoms with van der Waals surface area (Å²) in [6.07, 6.45) is 4.60. The molecule has 0 aliphatic carbocycles. The lowest BCUT2D eigenvalue weighted by atomic mass is 10.1. The monoisotopic (exact) mass is 294 g/mol. The van der Waals surface area contributed by atoms with Crippen LogP contribution in [0, 0.1) is 11.3 Å². The number of unbranched alkanes of at least 4 members (excludes halogenated alkanes) is 1. The van der Waals surface area contributed by atoms with E-state index in [2.05, 4.69) is 11.6 Å². The Balaban J connectivity index is 2.95. The quantitative estimate of drug-likeness (QED) is 0.800. The molecule has 0 heterocycles. The maximum Gasteiger partial charge on any atom is 0.242 e. The molecule has 0 saturated carbocycles. The van der Waals surface area contributed by atoms with Gasteiger partial charge in [0, 0.05) is 6.04 Å². The van der Waals surface area contributed by atoms with Gasteiger partial charge in [-0.25, -0.2) is 13.1 Å². The molecule has 0 spiro atoms. The molecule has 0 radical (unpaired) electrons. The Labute approximate surface area is 121 Å². The third-order valence-corrected chi connectivity index (χ3v) is 4.74. The smallest absolute Gasteiger partial charge is 0.208 e. The van der Waals surface area contributed by atoms with Crippen LogP contribution in [0.4, 0.5) is 0 Å². The third kappa shape index (κ3) is 4.62. The summed E-state index contributed by atoms with van der Waals surface area (Å²) in [4.78, 5) is 0.0695. The normalized spacial score (nSPS) is 12.8. The Kier molecular flexibility index (Phi) is 6.69. The molecule has 4 nitrogen and oxygen atoms in total. The lowest BCUT2D eigenvalue weighted by Crippen LogP contribution is -2.35. The van der Waals surface area contributed by atoms with E-state index in [4.69, 9.17) is 5.26 Å². The van der Waals surface area contributed by atoms with Crippen molar-refractivity contribution in [3.63, 3.8) is 0 Å². The van der Waals surface area contributed by atoms with Crippen molar-refractivity contribution in [1.29, 1.82) is 5.26 Å². The molecule has 0 fully saturated rings. The standard InChI is InChI=1S/C15H22N2O2S/c1-3-5-10-14(8-4-2)17-20(18,19)15-11-7-6-9-13(15)12-16/h6-7,9,11,14,17H,3-5,8,10H2,1-2H3. The lowest BCUT2D eigenvalue weighted by Gasteiger charge is -2.18. The zero-order chi connectivity index (χ0) is 15.0. The average Bonchev–Trinajstić information content (AvgIpc) is 2.44. The molecule has 0 bridgehead atoms. The van der Waals surface area contributed by atoms with E-state index in [-0.39, 0.29) is 16.5 Å². The van der Waals surface area contributed by atoms with Crippen LogP contribution >= 0.6 is 0 Å². The van der Waals surface area contributed by atoms with E-state index in [1.165, 1.54) is 12.1 Å². The molecule has 110 valence electrons. The van der Waals surface area contributed by atoms with Crippen molar-refractivity contribution in [3.05, 3.63) is 29.8 Å². The lowest BCUT2D eigenvalue weighted by molar-refractivity contribution is 0.483. The zero-order valence-corrected chi connectivity index (χ0v) is 12.9. The number of nitrogens with zero attached hydrogens (tertiary/aromatic N) is 1. The van der Waals surface area contributed by atoms with Crippen molar-refractivity contribution in [2.45, 2.75) is 56.9 Å². The molecule has 1 N–H and O–H groups in total. The van der Waals surface area contributed by atoms with Gasteiger partial charge >= 0.3 is 0 Å². The Bertz CT molecular complexity index is 561. The molecule has 1 unspecified atom stereocenters. The van der Waals surface area contributed by atoms with Crippen molar-refractivity contribution in [1.82, 2.24) is 4.72 Å². The first-order valence-corrected chi connectivity index (χ1v) is 8.55. The Morgan fingerprint density at radius 3 is 2.50 bits per heavy atom. The van der Waals surface area contributed by atoms with Gasteiger partial charge in [0.1, 0.15) is 6.07 Å². The summed E-state index contributed by atoms with van der Waals surface area (Å²) in [5.74, 6) is 0. The van der Waals surface area contributed by atoms with Crippen LogP contribution in [0.2, 0.25) is 0 Å². The summed E-state index contributed by atoms with van der Waals surface area (Å²) in [5.41, 5.74) is 0.186. The highest BCUT2D eigenvalue weighted by atomic mass is 32.2. The highest BCUT2D eigenvalue weighted by Gasteiger charge is 2.21. The number of hydrogen-bond acceptors (Lipinski definition) is 3. The molecule has 1 aromatic rings. The third-order valence-electron chi connectivity index (χ3n) is 3.16. The molecule has 0 saturated heterocycles. The van der Waals surface area contributed by atoms with Crippen molar-refractivity contribution in [3.8, 4) is 6.07 Å². The van der Waals surface area contributed by atoms with E-state index in [1.807, 2.05) is 13.0 Å². The molecular weight excluding hydrogens is 272 g/mol. The van der Waals surface area contributed by atoms with Crippen LogP contribution < -0.4 is 4.72 Å². The predicted octanol–water partition coefficient (Wildman–Crippen LogP) is 3.20. The summed E-state index contributed by atoms with van der Waals surface area (Å²) in [6, 6.07) is 8.17. The van der Waals surface area contributed by atoms with Gasteiger partial charge in [0.25, 0.3) is 0 Å². The molecule has 20 heavy (non-hydrogen) atoms. The van der Waals surface area contributed by atoms with Crippen LogP contribution in [0.3, 0.4) is 0 Å². The maximum absolute atomic E-state index is 12.4. The molecular formula is C15H22N2O2S. The average molecular weight is 294 g/mol. The summed E-state index contributed by atoms with van der Waals surface area (Å²) >= 11 is 0. The van der Waals surface area contributed by atoms with Crippen molar-refractivity contribution in [2.24, 2.45) is 0 Å². The Morgan fingerprint density at radius 1 is 1.20 bits per heavy atom. The largest absolute Gasteiger partial charge is 0.242 e. The maximum atomic E-state index is 12.4. The molecule has 1 aromatic carbocycles. The van der Waals surface area contributed by atoms with Crippen molar-refractivity contribution in [2.75, 3.05) is 0 Å². The topological polar surface area (TPSA) is 70.0 Å². The van der Waals surface area contributed by atoms with Crippen LogP contribution in [0.25, 0.3) is 0 Å². The molecule has 5 heteroatoms.